The van der Waals surface area contributed by atoms with E-state index in [0.717, 1.165) is 30.2 Å². The van der Waals surface area contributed by atoms with Crippen LogP contribution in [0.1, 0.15) is 18.9 Å². The maximum absolute atomic E-state index is 4.50. The van der Waals surface area contributed by atoms with Crippen molar-refractivity contribution in [2.75, 3.05) is 13.1 Å². The van der Waals surface area contributed by atoms with Crippen molar-refractivity contribution in [3.8, 4) is 0 Å². The molecule has 0 fully saturated rings. The van der Waals surface area contributed by atoms with Crippen molar-refractivity contribution in [3.63, 3.8) is 0 Å². The number of hydrogen-bond acceptors (Lipinski definition) is 4. The van der Waals surface area contributed by atoms with Crippen LogP contribution in [0.15, 0.2) is 46.4 Å². The van der Waals surface area contributed by atoms with Crippen molar-refractivity contribution in [3.05, 3.63) is 47.0 Å². The summed E-state index contributed by atoms with van der Waals surface area (Å²) < 4.78 is 0. The first-order valence-corrected chi connectivity index (χ1v) is 7.68. The summed E-state index contributed by atoms with van der Waals surface area (Å²) in [6.07, 6.45) is 5.16. The normalized spacial score (nSPS) is 16.6. The molecule has 0 saturated heterocycles. The monoisotopic (exact) mass is 283 g/mol. The molecule has 0 unspecified atom stereocenters. The largest absolute Gasteiger partial charge is 0.365 e. The van der Waals surface area contributed by atoms with E-state index in [1.165, 1.54) is 15.9 Å². The number of pyridine rings is 1. The molecule has 1 aliphatic heterocycles. The number of nitrogens with one attached hydrogen (secondary N) is 1. The summed E-state index contributed by atoms with van der Waals surface area (Å²) >= 11 is 1.74. The Morgan fingerprint density at radius 3 is 3.20 bits per heavy atom. The average molecular weight is 283 g/mol. The molecule has 102 valence electrons. The van der Waals surface area contributed by atoms with Crippen molar-refractivity contribution in [1.82, 2.24) is 10.3 Å². The molecular weight excluding hydrogens is 266 g/mol. The highest BCUT2D eigenvalue weighted by atomic mass is 32.2. The minimum absolute atomic E-state index is 0.780. The summed E-state index contributed by atoms with van der Waals surface area (Å²) in [6, 6.07) is 10.4. The fourth-order valence-corrected chi connectivity index (χ4v) is 2.98. The average Bonchev–Trinajstić information content (AvgIpc) is 2.92. The Morgan fingerprint density at radius 1 is 1.35 bits per heavy atom. The van der Waals surface area contributed by atoms with E-state index in [0.29, 0.717) is 0 Å². The highest BCUT2D eigenvalue weighted by Gasteiger charge is 2.11. The smallest absolute Gasteiger partial charge is 0.161 e. The highest BCUT2D eigenvalue weighted by molar-refractivity contribution is 8.17. The summed E-state index contributed by atoms with van der Waals surface area (Å²) in [7, 11) is 0. The molecule has 0 bridgehead atoms. The van der Waals surface area contributed by atoms with E-state index in [4.69, 9.17) is 0 Å². The molecule has 0 aliphatic carbocycles. The molecule has 1 aromatic heterocycles. The second-order valence-corrected chi connectivity index (χ2v) is 5.83. The zero-order valence-corrected chi connectivity index (χ0v) is 12.3. The number of amidine groups is 1. The summed E-state index contributed by atoms with van der Waals surface area (Å²) in [5.41, 5.74) is 2.25. The number of benzene rings is 1. The minimum Gasteiger partial charge on any atom is -0.365 e. The molecule has 1 aromatic carbocycles. The summed E-state index contributed by atoms with van der Waals surface area (Å²) in [4.78, 5) is 10.1. The van der Waals surface area contributed by atoms with Gasteiger partial charge in [0.25, 0.3) is 0 Å². The van der Waals surface area contributed by atoms with Gasteiger partial charge in [0.1, 0.15) is 0 Å². The molecule has 0 atom stereocenters. The van der Waals surface area contributed by atoms with Gasteiger partial charge in [0.2, 0.25) is 0 Å². The first-order valence-electron chi connectivity index (χ1n) is 6.86. The van der Waals surface area contributed by atoms with Crippen LogP contribution in [0.5, 0.6) is 0 Å². The zero-order valence-electron chi connectivity index (χ0n) is 11.5. The third kappa shape index (κ3) is 3.02. The first kappa shape index (κ1) is 13.2. The van der Waals surface area contributed by atoms with Crippen molar-refractivity contribution < 1.29 is 0 Å². The van der Waals surface area contributed by atoms with Gasteiger partial charge in [0.15, 0.2) is 5.17 Å². The van der Waals surface area contributed by atoms with Crippen molar-refractivity contribution in [1.29, 1.82) is 0 Å². The van der Waals surface area contributed by atoms with Crippen LogP contribution in [0.2, 0.25) is 0 Å². The van der Waals surface area contributed by atoms with Crippen LogP contribution in [0, 0.1) is 0 Å². The molecule has 1 N–H and O–H groups in total. The van der Waals surface area contributed by atoms with E-state index >= 15 is 0 Å². The molecule has 3 nitrogen and oxygen atoms in total. The van der Waals surface area contributed by atoms with Gasteiger partial charge >= 0.3 is 0 Å². The second kappa shape index (κ2) is 6.09. The molecule has 0 spiro atoms. The summed E-state index contributed by atoms with van der Waals surface area (Å²) in [6.45, 7) is 3.93. The number of rotatable bonds is 3. The lowest BCUT2D eigenvalue weighted by atomic mass is 10.1. The first-order chi connectivity index (χ1) is 9.85. The molecule has 0 saturated carbocycles. The predicted octanol–water partition coefficient (Wildman–Crippen LogP) is 3.68. The van der Waals surface area contributed by atoms with E-state index in [9.17, 15) is 0 Å². The number of thioether (sulfide) groups is 1. The number of nitrogens with zero attached hydrogens (tertiary/aromatic N) is 2. The Kier molecular flexibility index (Phi) is 4.02. The number of aromatic nitrogens is 1. The van der Waals surface area contributed by atoms with E-state index in [1.54, 1.807) is 11.8 Å². The second-order valence-electron chi connectivity index (χ2n) is 4.72. The van der Waals surface area contributed by atoms with Gasteiger partial charge in [0.05, 0.1) is 12.1 Å². The van der Waals surface area contributed by atoms with Gasteiger partial charge in [-0.05, 0) is 36.3 Å². The molecule has 1 aliphatic rings. The molecular formula is C16H17N3S. The molecule has 2 heterocycles. The van der Waals surface area contributed by atoms with Gasteiger partial charge in [-0.25, -0.2) is 0 Å². The Bertz CT molecular complexity index is 676. The molecule has 0 amide bonds. The standard InChI is InChI=1S/C16H17N3S/c1-2-7-18-16-19-11-14(20-16)10-12-5-6-15-13(9-12)4-3-8-17-15/h3-6,8-10H,2,7,11H2,1H3,(H,18,19). The van der Waals surface area contributed by atoms with Gasteiger partial charge in [-0.1, -0.05) is 30.8 Å². The third-order valence-corrected chi connectivity index (χ3v) is 4.06. The van der Waals surface area contributed by atoms with E-state index in [2.05, 4.69) is 52.6 Å². The zero-order chi connectivity index (χ0) is 13.8. The maximum atomic E-state index is 4.50. The summed E-state index contributed by atoms with van der Waals surface area (Å²) in [5, 5.41) is 5.56. The summed E-state index contributed by atoms with van der Waals surface area (Å²) in [5.74, 6) is 0. The van der Waals surface area contributed by atoms with E-state index < -0.39 is 0 Å². The van der Waals surface area contributed by atoms with Crippen molar-refractivity contribution in [2.45, 2.75) is 13.3 Å². The lowest BCUT2D eigenvalue weighted by Crippen LogP contribution is -2.19. The predicted molar refractivity (Wildman–Crippen MR) is 87.9 cm³/mol. The van der Waals surface area contributed by atoms with Crippen LogP contribution in [0.25, 0.3) is 17.0 Å². The molecule has 3 rings (SSSR count). The molecule has 4 heteroatoms. The minimum atomic E-state index is 0.780. The Morgan fingerprint density at radius 2 is 2.30 bits per heavy atom. The van der Waals surface area contributed by atoms with Crippen LogP contribution in [-0.2, 0) is 0 Å². The number of fused-ring (bicyclic) bond motifs is 1. The third-order valence-electron chi connectivity index (χ3n) is 3.09. The van der Waals surface area contributed by atoms with Gasteiger partial charge in [0, 0.05) is 23.0 Å². The fraction of sp³-hybridized carbons (Fsp3) is 0.250. The fourth-order valence-electron chi connectivity index (χ4n) is 2.11. The van der Waals surface area contributed by atoms with Crippen LogP contribution >= 0.6 is 11.8 Å². The van der Waals surface area contributed by atoms with Crippen LogP contribution in [-0.4, -0.2) is 23.2 Å². The topological polar surface area (TPSA) is 37.3 Å². The van der Waals surface area contributed by atoms with Gasteiger partial charge in [-0.15, -0.1) is 0 Å². The number of hydrogen-bond donors (Lipinski definition) is 1. The maximum Gasteiger partial charge on any atom is 0.161 e. The van der Waals surface area contributed by atoms with Crippen LogP contribution in [0.4, 0.5) is 0 Å². The van der Waals surface area contributed by atoms with E-state index in [1.807, 2.05) is 12.3 Å². The lowest BCUT2D eigenvalue weighted by molar-refractivity contribution is 0.846. The Balaban J connectivity index is 1.75. The highest BCUT2D eigenvalue weighted by Crippen LogP contribution is 2.26. The Hall–Kier alpha value is -1.81. The van der Waals surface area contributed by atoms with Crippen LogP contribution in [0.3, 0.4) is 0 Å². The van der Waals surface area contributed by atoms with Crippen LogP contribution < -0.4 is 5.32 Å². The van der Waals surface area contributed by atoms with Crippen molar-refractivity contribution >= 4 is 33.9 Å². The Labute approximate surface area is 123 Å². The van der Waals surface area contributed by atoms with Gasteiger partial charge in [-0.2, -0.15) is 0 Å². The quantitative estimate of drug-likeness (QED) is 0.933. The molecule has 2 aromatic rings. The number of aliphatic imine (C=N–C) groups is 1. The lowest BCUT2D eigenvalue weighted by Gasteiger charge is -2.02. The van der Waals surface area contributed by atoms with Crippen molar-refractivity contribution in [2.24, 2.45) is 4.99 Å². The van der Waals surface area contributed by atoms with E-state index in [-0.39, 0.29) is 0 Å². The molecule has 0 radical (unpaired) electrons. The SMILES string of the molecule is CCCNC1=NCC(=Cc2ccc3ncccc3c2)S1. The van der Waals surface area contributed by atoms with Gasteiger partial charge in [-0.3, -0.25) is 9.98 Å². The molecule has 20 heavy (non-hydrogen) atoms. The van der Waals surface area contributed by atoms with Gasteiger partial charge < -0.3 is 5.32 Å².